The fraction of sp³-hybridized carbons (Fsp3) is 0.238. The highest BCUT2D eigenvalue weighted by molar-refractivity contribution is 5.96. The van der Waals surface area contributed by atoms with Gasteiger partial charge in [0.05, 0.1) is 0 Å². The summed E-state index contributed by atoms with van der Waals surface area (Å²) in [6.07, 6.45) is 8.09. The van der Waals surface area contributed by atoms with Crippen molar-refractivity contribution in [3.05, 3.63) is 83.0 Å². The van der Waals surface area contributed by atoms with Crippen LogP contribution in [0.25, 0.3) is 5.57 Å². The van der Waals surface area contributed by atoms with Crippen LogP contribution >= 0.6 is 0 Å². The molecule has 0 saturated carbocycles. The topological polar surface area (TPSA) is 75.6 Å². The molecule has 0 atom stereocenters. The number of nitrogens with one attached hydrogen (secondary N) is 1. The summed E-state index contributed by atoms with van der Waals surface area (Å²) in [7, 11) is 0. The third-order valence-corrected chi connectivity index (χ3v) is 4.29. The molecule has 1 aliphatic carbocycles. The minimum Gasteiger partial charge on any atom is -0.329 e. The zero-order valence-corrected chi connectivity index (χ0v) is 14.7. The number of hydrogen-bond donors (Lipinski definition) is 1. The second-order valence-electron chi connectivity index (χ2n) is 6.01. The van der Waals surface area contributed by atoms with Crippen molar-refractivity contribution in [3.8, 4) is 0 Å². The largest absolute Gasteiger partial charge is 0.329 e. The van der Waals surface area contributed by atoms with E-state index in [1.165, 1.54) is 0 Å². The van der Waals surface area contributed by atoms with Gasteiger partial charge in [0.1, 0.15) is 0 Å². The monoisotopic (exact) mass is 350 g/mol. The van der Waals surface area contributed by atoms with Crippen molar-refractivity contribution < 1.29 is 9.59 Å². The van der Waals surface area contributed by atoms with Gasteiger partial charge in [0.2, 0.25) is 5.91 Å². The SMILES string of the molecule is C=C/C=C(\C=C)c1ccc(CCC(=O)NC2=C(C(=O)N=O)CCC2)cc1. The minimum absolute atomic E-state index is 0.166. The van der Waals surface area contributed by atoms with Crippen molar-refractivity contribution in [2.45, 2.75) is 32.1 Å². The average molecular weight is 350 g/mol. The Hall–Kier alpha value is -3.08. The van der Waals surface area contributed by atoms with E-state index in [1.54, 1.807) is 12.2 Å². The van der Waals surface area contributed by atoms with E-state index >= 15 is 0 Å². The van der Waals surface area contributed by atoms with Crippen LogP contribution in [0.5, 0.6) is 0 Å². The number of carbonyl (C=O) groups is 2. The van der Waals surface area contributed by atoms with E-state index in [0.29, 0.717) is 37.0 Å². The van der Waals surface area contributed by atoms with Crippen molar-refractivity contribution in [2.24, 2.45) is 5.18 Å². The third kappa shape index (κ3) is 4.96. The maximum Gasteiger partial charge on any atom is 0.314 e. The Kier molecular flexibility index (Phi) is 6.97. The number of nitroso groups, excluding NO2 is 1. The van der Waals surface area contributed by atoms with Crippen LogP contribution in [0.2, 0.25) is 0 Å². The van der Waals surface area contributed by atoms with Crippen LogP contribution in [0.4, 0.5) is 0 Å². The number of nitrogens with zero attached hydrogens (tertiary/aromatic N) is 1. The molecule has 0 spiro atoms. The highest BCUT2D eigenvalue weighted by Crippen LogP contribution is 2.25. The van der Waals surface area contributed by atoms with E-state index < -0.39 is 5.91 Å². The van der Waals surface area contributed by atoms with Crippen LogP contribution in [-0.2, 0) is 16.0 Å². The second-order valence-corrected chi connectivity index (χ2v) is 6.01. The Bertz CT molecular complexity index is 786. The molecule has 0 radical (unpaired) electrons. The van der Waals surface area contributed by atoms with Crippen molar-refractivity contribution >= 4 is 17.4 Å². The summed E-state index contributed by atoms with van der Waals surface area (Å²) in [6.45, 7) is 7.48. The lowest BCUT2D eigenvalue weighted by Crippen LogP contribution is -2.23. The van der Waals surface area contributed by atoms with Crippen LogP contribution in [-0.4, -0.2) is 11.8 Å². The first-order valence-corrected chi connectivity index (χ1v) is 8.53. The first-order chi connectivity index (χ1) is 12.6. The lowest BCUT2D eigenvalue weighted by molar-refractivity contribution is -0.120. The van der Waals surface area contributed by atoms with Gasteiger partial charge in [-0.3, -0.25) is 9.59 Å². The fourth-order valence-electron chi connectivity index (χ4n) is 2.93. The van der Waals surface area contributed by atoms with Crippen molar-refractivity contribution in [1.29, 1.82) is 0 Å². The fourth-order valence-corrected chi connectivity index (χ4v) is 2.93. The molecule has 2 rings (SSSR count). The molecule has 1 aromatic rings. The van der Waals surface area contributed by atoms with Crippen LogP contribution in [0.15, 0.2) is 72.1 Å². The van der Waals surface area contributed by atoms with E-state index in [2.05, 4.69) is 23.7 Å². The number of carbonyl (C=O) groups excluding carboxylic acids is 2. The highest BCUT2D eigenvalue weighted by Gasteiger charge is 2.22. The van der Waals surface area contributed by atoms with Gasteiger partial charge in [-0.2, -0.15) is 0 Å². The Morgan fingerprint density at radius 3 is 2.50 bits per heavy atom. The molecule has 0 aromatic heterocycles. The molecular weight excluding hydrogens is 328 g/mol. The van der Waals surface area contributed by atoms with E-state index in [-0.39, 0.29) is 5.91 Å². The second kappa shape index (κ2) is 9.42. The van der Waals surface area contributed by atoms with E-state index in [0.717, 1.165) is 23.1 Å². The smallest absolute Gasteiger partial charge is 0.314 e. The molecule has 26 heavy (non-hydrogen) atoms. The van der Waals surface area contributed by atoms with Crippen LogP contribution in [0.1, 0.15) is 36.8 Å². The molecule has 0 heterocycles. The summed E-state index contributed by atoms with van der Waals surface area (Å²) in [6, 6.07) is 7.92. The van der Waals surface area contributed by atoms with Crippen molar-refractivity contribution in [2.75, 3.05) is 0 Å². The number of hydrogen-bond acceptors (Lipinski definition) is 3. The predicted molar refractivity (Wildman–Crippen MR) is 103 cm³/mol. The number of allylic oxidation sites excluding steroid dienone is 5. The van der Waals surface area contributed by atoms with E-state index in [9.17, 15) is 14.5 Å². The quantitative estimate of drug-likeness (QED) is 0.563. The third-order valence-electron chi connectivity index (χ3n) is 4.29. The maximum absolute atomic E-state index is 12.1. The van der Waals surface area contributed by atoms with Gasteiger partial charge in [0.25, 0.3) is 0 Å². The molecule has 134 valence electrons. The van der Waals surface area contributed by atoms with Gasteiger partial charge >= 0.3 is 5.91 Å². The molecule has 0 aliphatic heterocycles. The molecule has 1 aliphatic rings. The van der Waals surface area contributed by atoms with E-state index in [1.807, 2.05) is 30.3 Å². The minimum atomic E-state index is -0.779. The summed E-state index contributed by atoms with van der Waals surface area (Å²) >= 11 is 0. The Balaban J connectivity index is 1.94. The Labute approximate surface area is 153 Å². The first-order valence-electron chi connectivity index (χ1n) is 8.53. The molecule has 1 N–H and O–H groups in total. The number of benzene rings is 1. The van der Waals surface area contributed by atoms with Crippen LogP contribution in [0.3, 0.4) is 0 Å². The number of rotatable bonds is 8. The zero-order chi connectivity index (χ0) is 18.9. The molecule has 0 unspecified atom stereocenters. The maximum atomic E-state index is 12.1. The van der Waals surface area contributed by atoms with Crippen molar-refractivity contribution in [1.82, 2.24) is 5.32 Å². The standard InChI is InChI=1S/C21H22N2O3/c1-3-6-16(4-2)17-12-9-15(10-13-17)11-14-20(24)22-19-8-5-7-18(19)21(25)23-26/h3-4,6,9-10,12-13H,1-2,5,7-8,11,14H2,(H,22,24)/b16-6+. The van der Waals surface area contributed by atoms with Crippen LogP contribution < -0.4 is 5.32 Å². The number of amides is 2. The Morgan fingerprint density at radius 1 is 1.15 bits per heavy atom. The zero-order valence-electron chi connectivity index (χ0n) is 14.7. The van der Waals surface area contributed by atoms with Crippen molar-refractivity contribution in [3.63, 3.8) is 0 Å². The summed E-state index contributed by atoms with van der Waals surface area (Å²) in [5.74, 6) is -0.945. The highest BCUT2D eigenvalue weighted by atomic mass is 16.3. The molecule has 0 bridgehead atoms. The molecule has 1 aromatic carbocycles. The Morgan fingerprint density at radius 2 is 1.88 bits per heavy atom. The first kappa shape index (κ1) is 19.2. The molecule has 2 amide bonds. The molecule has 0 fully saturated rings. The summed E-state index contributed by atoms with van der Waals surface area (Å²) in [5, 5.41) is 5.21. The van der Waals surface area contributed by atoms with E-state index in [4.69, 9.17) is 0 Å². The molecule has 0 saturated heterocycles. The summed E-state index contributed by atoms with van der Waals surface area (Å²) in [5.41, 5.74) is 3.94. The number of aryl methyl sites for hydroxylation is 1. The van der Waals surface area contributed by atoms with Gasteiger partial charge < -0.3 is 5.32 Å². The van der Waals surface area contributed by atoms with Gasteiger partial charge in [0.15, 0.2) is 0 Å². The normalized spacial score (nSPS) is 14.1. The molecule has 5 heteroatoms. The lowest BCUT2D eigenvalue weighted by Gasteiger charge is -2.08. The van der Waals surface area contributed by atoms with Gasteiger partial charge in [-0.15, -0.1) is 4.91 Å². The summed E-state index contributed by atoms with van der Waals surface area (Å²) < 4.78 is 0. The van der Waals surface area contributed by atoms with Gasteiger partial charge in [0, 0.05) is 22.9 Å². The molecule has 5 nitrogen and oxygen atoms in total. The molecular formula is C21H22N2O3. The van der Waals surface area contributed by atoms with Gasteiger partial charge in [-0.25, -0.2) is 0 Å². The average Bonchev–Trinajstić information content (AvgIpc) is 3.12. The lowest BCUT2D eigenvalue weighted by atomic mass is 10.0. The summed E-state index contributed by atoms with van der Waals surface area (Å²) in [4.78, 5) is 34.0. The van der Waals surface area contributed by atoms with Crippen LogP contribution in [0, 0.1) is 4.91 Å². The van der Waals surface area contributed by atoms with Gasteiger partial charge in [-0.05, 0) is 42.4 Å². The van der Waals surface area contributed by atoms with Gasteiger partial charge in [-0.1, -0.05) is 55.7 Å². The predicted octanol–water partition coefficient (Wildman–Crippen LogP) is 4.22.